The van der Waals surface area contributed by atoms with Gasteiger partial charge < -0.3 is 9.84 Å². The fraction of sp³-hybridized carbons (Fsp3) is 0.467. The van der Waals surface area contributed by atoms with Gasteiger partial charge in [0.1, 0.15) is 29.3 Å². The summed E-state index contributed by atoms with van der Waals surface area (Å²) < 4.78 is 5.83. The number of fused-ring (bicyclic) bond motifs is 1. The van der Waals surface area contributed by atoms with Gasteiger partial charge in [-0.15, -0.1) is 0 Å². The van der Waals surface area contributed by atoms with Crippen molar-refractivity contribution in [2.24, 2.45) is 4.99 Å². The van der Waals surface area contributed by atoms with Crippen LogP contribution in [-0.2, 0) is 0 Å². The second kappa shape index (κ2) is 5.92. The van der Waals surface area contributed by atoms with Crippen LogP contribution < -0.4 is 10.1 Å². The molecule has 0 amide bonds. The normalized spacial score (nSPS) is 23.7. The number of hydrogen-bond acceptors (Lipinski definition) is 4. The van der Waals surface area contributed by atoms with Gasteiger partial charge >= 0.3 is 0 Å². The van der Waals surface area contributed by atoms with Gasteiger partial charge in [-0.05, 0) is 32.0 Å². The van der Waals surface area contributed by atoms with E-state index in [0.29, 0.717) is 23.0 Å². The minimum atomic E-state index is -0.842. The maximum absolute atomic E-state index is 10.6. The molecule has 0 aliphatic carbocycles. The minimum Gasteiger partial charge on any atom is -0.485 e. The van der Waals surface area contributed by atoms with Crippen molar-refractivity contribution in [2.75, 3.05) is 0 Å². The van der Waals surface area contributed by atoms with Crippen molar-refractivity contribution in [2.45, 2.75) is 44.9 Å². The minimum absolute atomic E-state index is 0.519. The number of halogens is 1. The molecular formula is C15H18ClN3O2. The maximum atomic E-state index is 10.6. The van der Waals surface area contributed by atoms with E-state index in [0.717, 1.165) is 5.56 Å². The lowest BCUT2D eigenvalue weighted by Crippen LogP contribution is -2.48. The number of aliphatic imine (C=N–C) groups is 1. The molecule has 1 aliphatic heterocycles. The van der Waals surface area contributed by atoms with Gasteiger partial charge in [-0.3, -0.25) is 10.3 Å². The Kier molecular flexibility index (Phi) is 4.40. The number of benzene rings is 1. The average Bonchev–Trinajstić information content (AvgIpc) is 2.43. The number of ether oxygens (including phenoxy) is 1. The fourth-order valence-electron chi connectivity index (χ4n) is 2.32. The van der Waals surface area contributed by atoms with Gasteiger partial charge in [0.2, 0.25) is 0 Å². The van der Waals surface area contributed by atoms with Crippen molar-refractivity contribution in [3.05, 3.63) is 28.8 Å². The number of nitriles is 1. The molecule has 6 heteroatoms. The van der Waals surface area contributed by atoms with E-state index in [-0.39, 0.29) is 0 Å². The number of amidine groups is 1. The summed E-state index contributed by atoms with van der Waals surface area (Å²) in [7, 11) is 0. The van der Waals surface area contributed by atoms with E-state index in [1.807, 2.05) is 13.1 Å². The van der Waals surface area contributed by atoms with E-state index in [4.69, 9.17) is 21.6 Å². The lowest BCUT2D eigenvalue weighted by Gasteiger charge is -2.40. The van der Waals surface area contributed by atoms with Crippen molar-refractivity contribution in [1.29, 1.82) is 5.26 Å². The van der Waals surface area contributed by atoms with Crippen LogP contribution in [0.1, 0.15) is 38.8 Å². The third-order valence-corrected chi connectivity index (χ3v) is 3.74. The SMILES string of the molecule is CCC(=N[C@@H]1c2cc(Cl)ccc2OC(C)(C)[C@H]1O)NC#N. The Balaban J connectivity index is 2.52. The zero-order chi connectivity index (χ0) is 15.6. The van der Waals surface area contributed by atoms with E-state index in [2.05, 4.69) is 10.3 Å². The topological polar surface area (TPSA) is 77.6 Å². The first-order valence-electron chi connectivity index (χ1n) is 6.77. The van der Waals surface area contributed by atoms with Crippen LogP contribution in [0, 0.1) is 11.5 Å². The Morgan fingerprint density at radius 2 is 2.29 bits per heavy atom. The van der Waals surface area contributed by atoms with Crippen molar-refractivity contribution in [3.63, 3.8) is 0 Å². The number of hydrogen-bond donors (Lipinski definition) is 2. The summed E-state index contributed by atoms with van der Waals surface area (Å²) in [6.07, 6.45) is 1.58. The molecule has 0 radical (unpaired) electrons. The van der Waals surface area contributed by atoms with Gasteiger partial charge in [0.05, 0.1) is 0 Å². The van der Waals surface area contributed by atoms with Crippen LogP contribution in [0.4, 0.5) is 0 Å². The first kappa shape index (κ1) is 15.6. The van der Waals surface area contributed by atoms with E-state index >= 15 is 0 Å². The van der Waals surface area contributed by atoms with Crippen molar-refractivity contribution < 1.29 is 9.84 Å². The van der Waals surface area contributed by atoms with Gasteiger partial charge in [0, 0.05) is 17.0 Å². The highest BCUT2D eigenvalue weighted by Gasteiger charge is 2.43. The van der Waals surface area contributed by atoms with Gasteiger partial charge in [-0.2, -0.15) is 5.26 Å². The van der Waals surface area contributed by atoms with E-state index < -0.39 is 17.7 Å². The van der Waals surface area contributed by atoms with Crippen LogP contribution in [-0.4, -0.2) is 22.6 Å². The Morgan fingerprint density at radius 1 is 1.57 bits per heavy atom. The van der Waals surface area contributed by atoms with Crippen LogP contribution in [0.5, 0.6) is 5.75 Å². The van der Waals surface area contributed by atoms with E-state index in [1.54, 1.807) is 32.0 Å². The number of aliphatic hydroxyl groups excluding tert-OH is 1. The molecular weight excluding hydrogens is 290 g/mol. The molecule has 2 rings (SSSR count). The first-order chi connectivity index (χ1) is 9.89. The molecule has 112 valence electrons. The second-order valence-corrected chi connectivity index (χ2v) is 5.88. The predicted molar refractivity (Wildman–Crippen MR) is 81.4 cm³/mol. The van der Waals surface area contributed by atoms with Crippen molar-refractivity contribution in [1.82, 2.24) is 5.32 Å². The Hall–Kier alpha value is -1.77. The summed E-state index contributed by atoms with van der Waals surface area (Å²) in [6.45, 7) is 5.50. The molecule has 0 fully saturated rings. The van der Waals surface area contributed by atoms with E-state index in [9.17, 15) is 5.11 Å². The van der Waals surface area contributed by atoms with Crippen LogP contribution in [0.3, 0.4) is 0 Å². The number of nitrogens with one attached hydrogen (secondary N) is 1. The van der Waals surface area contributed by atoms with Gasteiger partial charge in [0.15, 0.2) is 6.19 Å². The summed E-state index contributed by atoms with van der Waals surface area (Å²) >= 11 is 6.04. The smallest absolute Gasteiger partial charge is 0.182 e. The molecule has 0 unspecified atom stereocenters. The Bertz CT molecular complexity index is 607. The van der Waals surface area contributed by atoms with Gasteiger partial charge in [0.25, 0.3) is 0 Å². The molecule has 1 heterocycles. The molecule has 0 spiro atoms. The number of aliphatic hydroxyl groups is 1. The molecule has 1 aromatic rings. The molecule has 0 saturated carbocycles. The lowest BCUT2D eigenvalue weighted by molar-refractivity contribution is -0.0567. The third-order valence-electron chi connectivity index (χ3n) is 3.50. The van der Waals surface area contributed by atoms with Crippen LogP contribution in [0.25, 0.3) is 0 Å². The van der Waals surface area contributed by atoms with Crippen molar-refractivity contribution >= 4 is 17.4 Å². The summed E-state index contributed by atoms with van der Waals surface area (Å²) in [5.74, 6) is 1.17. The van der Waals surface area contributed by atoms with Crippen LogP contribution >= 0.6 is 11.6 Å². The van der Waals surface area contributed by atoms with E-state index in [1.165, 1.54) is 0 Å². The lowest BCUT2D eigenvalue weighted by atomic mass is 9.87. The van der Waals surface area contributed by atoms with Crippen LogP contribution in [0.2, 0.25) is 5.02 Å². The van der Waals surface area contributed by atoms with Gasteiger partial charge in [-0.25, -0.2) is 0 Å². The largest absolute Gasteiger partial charge is 0.485 e. The molecule has 1 aromatic carbocycles. The standard InChI is InChI=1S/C15H18ClN3O2/c1-4-12(18-8-17)19-13-10-7-9(16)5-6-11(10)21-15(2,3)14(13)20/h5-7,13-14,20H,4H2,1-3H3,(H,18,19)/t13-,14+/m1/s1. The molecule has 0 saturated heterocycles. The summed E-state index contributed by atoms with van der Waals surface area (Å²) in [6, 6.07) is 4.72. The fourth-order valence-corrected chi connectivity index (χ4v) is 2.50. The highest BCUT2D eigenvalue weighted by Crippen LogP contribution is 2.42. The zero-order valence-electron chi connectivity index (χ0n) is 12.2. The number of nitrogens with zero attached hydrogens (tertiary/aromatic N) is 2. The first-order valence-corrected chi connectivity index (χ1v) is 7.15. The molecule has 21 heavy (non-hydrogen) atoms. The molecule has 2 atom stereocenters. The monoisotopic (exact) mass is 307 g/mol. The average molecular weight is 308 g/mol. The quantitative estimate of drug-likeness (QED) is 0.381. The third kappa shape index (κ3) is 3.12. The highest BCUT2D eigenvalue weighted by atomic mass is 35.5. The highest BCUT2D eigenvalue weighted by molar-refractivity contribution is 6.30. The Labute approximate surface area is 129 Å². The second-order valence-electron chi connectivity index (χ2n) is 5.44. The number of rotatable bonds is 2. The van der Waals surface area contributed by atoms with Crippen molar-refractivity contribution in [3.8, 4) is 11.9 Å². The predicted octanol–water partition coefficient (Wildman–Crippen LogP) is 2.79. The molecule has 0 bridgehead atoms. The summed E-state index contributed by atoms with van der Waals surface area (Å²) in [5.41, 5.74) is -0.0551. The Morgan fingerprint density at radius 3 is 2.90 bits per heavy atom. The zero-order valence-corrected chi connectivity index (χ0v) is 13.0. The molecule has 1 aliphatic rings. The van der Waals surface area contributed by atoms with Gasteiger partial charge in [-0.1, -0.05) is 18.5 Å². The summed E-state index contributed by atoms with van der Waals surface area (Å²) in [4.78, 5) is 4.50. The molecule has 5 nitrogen and oxygen atoms in total. The summed E-state index contributed by atoms with van der Waals surface area (Å²) in [5, 5.41) is 22.4. The maximum Gasteiger partial charge on any atom is 0.182 e. The molecule has 2 N–H and O–H groups in total. The molecule has 0 aromatic heterocycles. The van der Waals surface area contributed by atoms with Crippen LogP contribution in [0.15, 0.2) is 23.2 Å².